The number of fused-ring (bicyclic) bond motifs is 1. The quantitative estimate of drug-likeness (QED) is 0.807. The van der Waals surface area contributed by atoms with Crippen LogP contribution in [-0.4, -0.2) is 26.1 Å². The van der Waals surface area contributed by atoms with Crippen molar-refractivity contribution in [3.8, 4) is 0 Å². The number of hydrogen-bond donors (Lipinski definition) is 1. The summed E-state index contributed by atoms with van der Waals surface area (Å²) in [5.74, 6) is 1.59. The molecule has 0 aliphatic carbocycles. The summed E-state index contributed by atoms with van der Waals surface area (Å²) in [6, 6.07) is 6.41. The van der Waals surface area contributed by atoms with Crippen molar-refractivity contribution in [2.24, 2.45) is 5.92 Å². The minimum absolute atomic E-state index is 0.176. The lowest BCUT2D eigenvalue weighted by Crippen LogP contribution is -2.23. The summed E-state index contributed by atoms with van der Waals surface area (Å²) in [7, 11) is 0. The highest BCUT2D eigenvalue weighted by Gasteiger charge is 2.24. The van der Waals surface area contributed by atoms with E-state index in [-0.39, 0.29) is 6.10 Å². The van der Waals surface area contributed by atoms with Gasteiger partial charge in [-0.1, -0.05) is 6.07 Å². The molecule has 0 saturated carbocycles. The third-order valence-electron chi connectivity index (χ3n) is 4.42. The maximum absolute atomic E-state index is 6.01. The smallest absolute Gasteiger partial charge is 0.104 e. The second-order valence-corrected chi connectivity index (χ2v) is 6.11. The molecular formula is C17H20N4O. The first-order chi connectivity index (χ1) is 10.8. The van der Waals surface area contributed by atoms with Crippen LogP contribution in [0.25, 0.3) is 11.0 Å². The lowest BCUT2D eigenvalue weighted by atomic mass is 9.91. The Morgan fingerprint density at radius 3 is 3.23 bits per heavy atom. The van der Waals surface area contributed by atoms with Crippen molar-refractivity contribution in [1.82, 2.24) is 19.5 Å². The highest BCUT2D eigenvalue weighted by Crippen LogP contribution is 2.33. The highest BCUT2D eigenvalue weighted by molar-refractivity contribution is 5.75. The Kier molecular flexibility index (Phi) is 3.42. The minimum atomic E-state index is 0.176. The van der Waals surface area contributed by atoms with Gasteiger partial charge < -0.3 is 14.3 Å². The van der Waals surface area contributed by atoms with Gasteiger partial charge in [-0.15, -0.1) is 0 Å². The molecule has 2 aromatic heterocycles. The normalized spacial score (nSPS) is 22.2. The molecule has 0 amide bonds. The molecule has 0 radical (unpaired) electrons. The molecule has 2 unspecified atom stereocenters. The Hall–Kier alpha value is -2.14. The van der Waals surface area contributed by atoms with Crippen LogP contribution in [0, 0.1) is 12.8 Å². The molecule has 3 aromatic rings. The zero-order chi connectivity index (χ0) is 14.9. The van der Waals surface area contributed by atoms with Crippen molar-refractivity contribution in [3.05, 3.63) is 48.3 Å². The number of benzene rings is 1. The van der Waals surface area contributed by atoms with Gasteiger partial charge in [0.05, 0.1) is 23.5 Å². The molecule has 3 heterocycles. The average Bonchev–Trinajstić information content (AvgIpc) is 3.15. The predicted molar refractivity (Wildman–Crippen MR) is 84.5 cm³/mol. The summed E-state index contributed by atoms with van der Waals surface area (Å²) in [6.45, 7) is 3.83. The van der Waals surface area contributed by atoms with Gasteiger partial charge in [-0.3, -0.25) is 0 Å². The third kappa shape index (κ3) is 2.64. The number of nitrogens with zero attached hydrogens (tertiary/aromatic N) is 3. The van der Waals surface area contributed by atoms with Crippen molar-refractivity contribution >= 4 is 11.0 Å². The van der Waals surface area contributed by atoms with Crippen LogP contribution in [0.15, 0.2) is 36.9 Å². The first kappa shape index (κ1) is 13.5. The number of aromatic nitrogens is 4. The predicted octanol–water partition coefficient (Wildman–Crippen LogP) is 3.24. The molecule has 4 rings (SSSR count). The fourth-order valence-corrected chi connectivity index (χ4v) is 3.31. The topological polar surface area (TPSA) is 55.7 Å². The largest absolute Gasteiger partial charge is 0.374 e. The molecule has 2 atom stereocenters. The number of nitrogens with one attached hydrogen (secondary N) is 1. The minimum Gasteiger partial charge on any atom is -0.374 e. The number of H-pyrrole nitrogens is 1. The monoisotopic (exact) mass is 296 g/mol. The molecule has 0 bridgehead atoms. The zero-order valence-corrected chi connectivity index (χ0v) is 12.7. The summed E-state index contributed by atoms with van der Waals surface area (Å²) >= 11 is 0. The maximum Gasteiger partial charge on any atom is 0.104 e. The fraction of sp³-hybridized carbons (Fsp3) is 0.412. The van der Waals surface area contributed by atoms with Crippen LogP contribution >= 0.6 is 0 Å². The van der Waals surface area contributed by atoms with E-state index in [0.717, 1.165) is 42.9 Å². The van der Waals surface area contributed by atoms with Crippen LogP contribution in [0.4, 0.5) is 0 Å². The summed E-state index contributed by atoms with van der Waals surface area (Å²) in [5, 5.41) is 0. The molecule has 1 aromatic carbocycles. The second-order valence-electron chi connectivity index (χ2n) is 6.11. The summed E-state index contributed by atoms with van der Waals surface area (Å²) in [5.41, 5.74) is 3.36. The van der Waals surface area contributed by atoms with Crippen LogP contribution in [-0.2, 0) is 11.3 Å². The van der Waals surface area contributed by atoms with E-state index in [9.17, 15) is 0 Å². The zero-order valence-electron chi connectivity index (χ0n) is 12.7. The number of ether oxygens (including phenoxy) is 1. The fourth-order valence-electron chi connectivity index (χ4n) is 3.31. The van der Waals surface area contributed by atoms with E-state index in [1.165, 1.54) is 5.56 Å². The maximum atomic E-state index is 6.01. The van der Waals surface area contributed by atoms with Crippen LogP contribution in [0.3, 0.4) is 0 Å². The van der Waals surface area contributed by atoms with E-state index in [1.807, 2.05) is 25.6 Å². The van der Waals surface area contributed by atoms with E-state index in [1.54, 1.807) is 0 Å². The molecular weight excluding hydrogens is 276 g/mol. The van der Waals surface area contributed by atoms with Crippen LogP contribution in [0.2, 0.25) is 0 Å². The van der Waals surface area contributed by atoms with E-state index in [4.69, 9.17) is 4.74 Å². The van der Waals surface area contributed by atoms with Gasteiger partial charge in [-0.25, -0.2) is 9.97 Å². The number of hydrogen-bond acceptors (Lipinski definition) is 3. The summed E-state index contributed by atoms with van der Waals surface area (Å²) in [4.78, 5) is 11.9. The van der Waals surface area contributed by atoms with Gasteiger partial charge in [-0.05, 0) is 43.4 Å². The van der Waals surface area contributed by atoms with Gasteiger partial charge in [0.25, 0.3) is 0 Å². The van der Waals surface area contributed by atoms with Crippen LogP contribution in [0.5, 0.6) is 0 Å². The SMILES string of the molecule is Cc1nc2ccc(C3CC(Cn4ccnc4)CCO3)cc2[nH]1. The number of aryl methyl sites for hydroxylation is 1. The van der Waals surface area contributed by atoms with Gasteiger partial charge in [0.2, 0.25) is 0 Å². The van der Waals surface area contributed by atoms with Gasteiger partial charge >= 0.3 is 0 Å². The molecule has 1 saturated heterocycles. The number of aromatic amines is 1. The van der Waals surface area contributed by atoms with Gasteiger partial charge in [0.1, 0.15) is 5.82 Å². The molecule has 1 N–H and O–H groups in total. The van der Waals surface area contributed by atoms with E-state index in [0.29, 0.717) is 5.92 Å². The molecule has 1 aliphatic heterocycles. The first-order valence-corrected chi connectivity index (χ1v) is 7.81. The van der Waals surface area contributed by atoms with E-state index >= 15 is 0 Å². The highest BCUT2D eigenvalue weighted by atomic mass is 16.5. The first-order valence-electron chi connectivity index (χ1n) is 7.81. The summed E-state index contributed by atoms with van der Waals surface area (Å²) < 4.78 is 8.17. The summed E-state index contributed by atoms with van der Waals surface area (Å²) in [6.07, 6.45) is 8.10. The molecule has 114 valence electrons. The molecule has 5 nitrogen and oxygen atoms in total. The van der Waals surface area contributed by atoms with Gasteiger partial charge in [-0.2, -0.15) is 0 Å². The van der Waals surface area contributed by atoms with Gasteiger partial charge in [0.15, 0.2) is 0 Å². The van der Waals surface area contributed by atoms with Crippen molar-refractivity contribution in [2.45, 2.75) is 32.4 Å². The standard InChI is InChI=1S/C17H20N4O/c1-12-19-15-3-2-14(9-16(15)20-12)17-8-13(4-7-22-17)10-21-6-5-18-11-21/h2-3,5-6,9,11,13,17H,4,7-8,10H2,1H3,(H,19,20). The Morgan fingerprint density at radius 1 is 1.41 bits per heavy atom. The number of rotatable bonds is 3. The van der Waals surface area contributed by atoms with Crippen LogP contribution < -0.4 is 0 Å². The van der Waals surface area contributed by atoms with Crippen molar-refractivity contribution in [3.63, 3.8) is 0 Å². The Balaban J connectivity index is 1.52. The molecule has 0 spiro atoms. The molecule has 1 aliphatic rings. The van der Waals surface area contributed by atoms with E-state index in [2.05, 4.69) is 37.7 Å². The van der Waals surface area contributed by atoms with E-state index < -0.39 is 0 Å². The van der Waals surface area contributed by atoms with Crippen molar-refractivity contribution < 1.29 is 4.74 Å². The second kappa shape index (κ2) is 5.57. The van der Waals surface area contributed by atoms with Crippen LogP contribution in [0.1, 0.15) is 30.3 Å². The molecule has 5 heteroatoms. The number of imidazole rings is 2. The Labute approximate surface area is 129 Å². The lowest BCUT2D eigenvalue weighted by molar-refractivity contribution is -0.0138. The van der Waals surface area contributed by atoms with Crippen molar-refractivity contribution in [2.75, 3.05) is 6.61 Å². The Bertz CT molecular complexity index is 762. The van der Waals surface area contributed by atoms with Crippen molar-refractivity contribution in [1.29, 1.82) is 0 Å². The Morgan fingerprint density at radius 2 is 2.36 bits per heavy atom. The molecule has 22 heavy (non-hydrogen) atoms. The van der Waals surface area contributed by atoms with Gasteiger partial charge in [0, 0.05) is 25.5 Å². The molecule has 1 fully saturated rings. The third-order valence-corrected chi connectivity index (χ3v) is 4.42. The lowest BCUT2D eigenvalue weighted by Gasteiger charge is -2.30. The average molecular weight is 296 g/mol.